The van der Waals surface area contributed by atoms with Gasteiger partial charge in [-0.2, -0.15) is 0 Å². The van der Waals surface area contributed by atoms with Gasteiger partial charge in [0.25, 0.3) is 5.56 Å². The van der Waals surface area contributed by atoms with Gasteiger partial charge in [0, 0.05) is 0 Å². The second kappa shape index (κ2) is 4.85. The summed E-state index contributed by atoms with van der Waals surface area (Å²) in [5.41, 5.74) is -0.0228. The number of fused-ring (bicyclic) bond motifs is 1. The van der Waals surface area contributed by atoms with Gasteiger partial charge < -0.3 is 4.74 Å². The summed E-state index contributed by atoms with van der Waals surface area (Å²) in [6.07, 6.45) is 0.131. The molecule has 0 amide bonds. The van der Waals surface area contributed by atoms with E-state index in [4.69, 9.17) is 4.74 Å². The minimum absolute atomic E-state index is 0.131. The third kappa shape index (κ3) is 2.48. The van der Waals surface area contributed by atoms with Crippen LogP contribution in [0.3, 0.4) is 0 Å². The normalized spacial score (nSPS) is 11.5. The molecule has 0 radical (unpaired) electrons. The number of aromatic nitrogens is 2. The third-order valence-electron chi connectivity index (χ3n) is 2.37. The Morgan fingerprint density at radius 3 is 2.94 bits per heavy atom. The predicted octanol–water partition coefficient (Wildman–Crippen LogP) is 1.18. The van der Waals surface area contributed by atoms with Crippen LogP contribution >= 0.6 is 11.3 Å². The molecule has 0 aromatic carbocycles. The van der Waals surface area contributed by atoms with Gasteiger partial charge in [-0.25, -0.2) is 4.79 Å². The number of nitrogens with one attached hydrogen (secondary N) is 1. The fourth-order valence-electron chi connectivity index (χ4n) is 1.62. The van der Waals surface area contributed by atoms with Crippen LogP contribution in [-0.4, -0.2) is 22.3 Å². The van der Waals surface area contributed by atoms with E-state index in [-0.39, 0.29) is 17.4 Å². The van der Waals surface area contributed by atoms with Crippen LogP contribution in [0.15, 0.2) is 21.0 Å². The fraction of sp³-hybridized carbons (Fsp3) is 0.455. The van der Waals surface area contributed by atoms with Gasteiger partial charge in [0.1, 0.15) is 4.70 Å². The van der Waals surface area contributed by atoms with E-state index < -0.39 is 0 Å². The van der Waals surface area contributed by atoms with Crippen molar-refractivity contribution in [1.82, 2.24) is 9.55 Å². The summed E-state index contributed by atoms with van der Waals surface area (Å²) in [6, 6.07) is 1.78. The van der Waals surface area contributed by atoms with Crippen molar-refractivity contribution in [2.24, 2.45) is 0 Å². The summed E-state index contributed by atoms with van der Waals surface area (Å²) in [4.78, 5) is 25.5. The maximum atomic E-state index is 11.7. The molecular formula is C11H14N2O3S. The van der Waals surface area contributed by atoms with Crippen LogP contribution in [0.4, 0.5) is 0 Å². The second-order valence-electron chi connectivity index (χ2n) is 3.97. The van der Waals surface area contributed by atoms with Gasteiger partial charge in [0.2, 0.25) is 0 Å². The largest absolute Gasteiger partial charge is 0.377 e. The standard InChI is InChI=1S/C11H14N2O3S/c1-7(2)16-5-4-13-8-3-6-17-9(8)10(14)12-11(13)15/h3,6-7H,4-5H2,1-2H3,(H,12,14,15). The molecule has 2 aromatic rings. The molecule has 0 fully saturated rings. The average molecular weight is 254 g/mol. The van der Waals surface area contributed by atoms with Crippen LogP contribution < -0.4 is 11.2 Å². The van der Waals surface area contributed by atoms with E-state index in [1.807, 2.05) is 13.8 Å². The topological polar surface area (TPSA) is 64.1 Å². The molecule has 2 rings (SSSR count). The first kappa shape index (κ1) is 12.1. The van der Waals surface area contributed by atoms with Gasteiger partial charge in [0.15, 0.2) is 0 Å². The molecule has 0 saturated carbocycles. The Bertz CT molecular complexity index is 623. The molecule has 0 aliphatic heterocycles. The minimum atomic E-state index is -0.381. The molecule has 92 valence electrons. The molecule has 6 heteroatoms. The number of rotatable bonds is 4. The van der Waals surface area contributed by atoms with E-state index in [2.05, 4.69) is 4.98 Å². The van der Waals surface area contributed by atoms with Crippen molar-refractivity contribution in [3.8, 4) is 0 Å². The van der Waals surface area contributed by atoms with Crippen LogP contribution in [-0.2, 0) is 11.3 Å². The molecule has 0 saturated heterocycles. The minimum Gasteiger partial charge on any atom is -0.377 e. The van der Waals surface area contributed by atoms with Crippen LogP contribution in [0, 0.1) is 0 Å². The predicted molar refractivity (Wildman–Crippen MR) is 67.8 cm³/mol. The Morgan fingerprint density at radius 2 is 2.24 bits per heavy atom. The zero-order chi connectivity index (χ0) is 12.4. The third-order valence-corrected chi connectivity index (χ3v) is 3.28. The molecular weight excluding hydrogens is 240 g/mol. The molecule has 2 aromatic heterocycles. The first-order valence-electron chi connectivity index (χ1n) is 5.41. The zero-order valence-corrected chi connectivity index (χ0v) is 10.5. The van der Waals surface area contributed by atoms with Gasteiger partial charge >= 0.3 is 5.69 Å². The SMILES string of the molecule is CC(C)OCCn1c(=O)[nH]c(=O)c2sccc21. The molecule has 0 aliphatic carbocycles. The molecule has 17 heavy (non-hydrogen) atoms. The summed E-state index contributed by atoms with van der Waals surface area (Å²) >= 11 is 1.33. The average Bonchev–Trinajstić information content (AvgIpc) is 2.71. The van der Waals surface area contributed by atoms with Gasteiger partial charge in [0.05, 0.1) is 24.8 Å². The maximum Gasteiger partial charge on any atom is 0.328 e. The molecule has 2 heterocycles. The number of thiophene rings is 1. The van der Waals surface area contributed by atoms with E-state index in [0.717, 1.165) is 0 Å². The summed E-state index contributed by atoms with van der Waals surface area (Å²) < 4.78 is 7.52. The molecule has 0 unspecified atom stereocenters. The Hall–Kier alpha value is -1.40. The van der Waals surface area contributed by atoms with Crippen LogP contribution in [0.1, 0.15) is 13.8 Å². The van der Waals surface area contributed by atoms with Crippen LogP contribution in [0.25, 0.3) is 10.2 Å². The van der Waals surface area contributed by atoms with Crippen molar-refractivity contribution in [3.63, 3.8) is 0 Å². The fourth-order valence-corrected chi connectivity index (χ4v) is 2.41. The summed E-state index contributed by atoms with van der Waals surface area (Å²) in [5, 5.41) is 1.80. The maximum absolute atomic E-state index is 11.7. The van der Waals surface area contributed by atoms with Gasteiger partial charge in [-0.15, -0.1) is 11.3 Å². The van der Waals surface area contributed by atoms with Crippen molar-refractivity contribution >= 4 is 21.6 Å². The van der Waals surface area contributed by atoms with Crippen LogP contribution in [0.5, 0.6) is 0 Å². The highest BCUT2D eigenvalue weighted by atomic mass is 32.1. The lowest BCUT2D eigenvalue weighted by molar-refractivity contribution is 0.0727. The highest BCUT2D eigenvalue weighted by Crippen LogP contribution is 2.14. The lowest BCUT2D eigenvalue weighted by Crippen LogP contribution is -2.31. The summed E-state index contributed by atoms with van der Waals surface area (Å²) in [7, 11) is 0. The second-order valence-corrected chi connectivity index (χ2v) is 4.88. The molecule has 0 aliphatic rings. The van der Waals surface area contributed by atoms with Gasteiger partial charge in [-0.3, -0.25) is 14.3 Å². The van der Waals surface area contributed by atoms with E-state index in [1.165, 1.54) is 15.9 Å². The Kier molecular flexibility index (Phi) is 3.44. The van der Waals surface area contributed by atoms with Crippen molar-refractivity contribution in [2.45, 2.75) is 26.5 Å². The number of hydrogen-bond acceptors (Lipinski definition) is 4. The summed E-state index contributed by atoms with van der Waals surface area (Å²) in [5.74, 6) is 0. The van der Waals surface area contributed by atoms with E-state index >= 15 is 0 Å². The molecule has 1 N–H and O–H groups in total. The monoisotopic (exact) mass is 254 g/mol. The smallest absolute Gasteiger partial charge is 0.328 e. The van der Waals surface area contributed by atoms with Crippen molar-refractivity contribution < 1.29 is 4.74 Å². The number of aromatic amines is 1. The number of nitrogens with zero attached hydrogens (tertiary/aromatic N) is 1. The lowest BCUT2D eigenvalue weighted by Gasteiger charge is -2.09. The van der Waals surface area contributed by atoms with Crippen molar-refractivity contribution in [2.75, 3.05) is 6.61 Å². The van der Waals surface area contributed by atoms with E-state index in [1.54, 1.807) is 11.4 Å². The lowest BCUT2D eigenvalue weighted by atomic mass is 10.4. The first-order chi connectivity index (χ1) is 8.09. The zero-order valence-electron chi connectivity index (χ0n) is 9.73. The molecule has 0 spiro atoms. The first-order valence-corrected chi connectivity index (χ1v) is 6.29. The Balaban J connectivity index is 2.36. The van der Waals surface area contributed by atoms with Crippen molar-refractivity contribution in [3.05, 3.63) is 32.3 Å². The number of ether oxygens (including phenoxy) is 1. The van der Waals surface area contributed by atoms with E-state index in [9.17, 15) is 9.59 Å². The van der Waals surface area contributed by atoms with Crippen molar-refractivity contribution in [1.29, 1.82) is 0 Å². The Morgan fingerprint density at radius 1 is 1.47 bits per heavy atom. The number of hydrogen-bond donors (Lipinski definition) is 1. The van der Waals surface area contributed by atoms with Gasteiger partial charge in [-0.05, 0) is 25.3 Å². The number of H-pyrrole nitrogens is 1. The van der Waals surface area contributed by atoms with Gasteiger partial charge in [-0.1, -0.05) is 0 Å². The highest BCUT2D eigenvalue weighted by Gasteiger charge is 2.08. The quantitative estimate of drug-likeness (QED) is 0.891. The summed E-state index contributed by atoms with van der Waals surface area (Å²) in [6.45, 7) is 4.78. The van der Waals surface area contributed by atoms with Crippen LogP contribution in [0.2, 0.25) is 0 Å². The highest BCUT2D eigenvalue weighted by molar-refractivity contribution is 7.17. The Labute approximate surface area is 102 Å². The molecule has 0 bridgehead atoms. The molecule has 5 nitrogen and oxygen atoms in total. The molecule has 0 atom stereocenters. The van der Waals surface area contributed by atoms with E-state index in [0.29, 0.717) is 23.4 Å².